The Hall–Kier alpha value is -2.40. The molecule has 0 aliphatic rings. The molecule has 158 valence electrons. The predicted octanol–water partition coefficient (Wildman–Crippen LogP) is 3.57. The number of sulfone groups is 1. The molecule has 0 saturated heterocycles. The summed E-state index contributed by atoms with van der Waals surface area (Å²) in [6.07, 6.45) is 0.139. The van der Waals surface area contributed by atoms with Crippen molar-refractivity contribution in [3.05, 3.63) is 59.2 Å². The van der Waals surface area contributed by atoms with Crippen LogP contribution in [0.3, 0.4) is 0 Å². The first-order chi connectivity index (χ1) is 13.5. The lowest BCUT2D eigenvalue weighted by molar-refractivity contribution is -0.0438. The number of rotatable bonds is 7. The standard InChI is InChI=1S/C18H17F3O6S2/c1-3-12-9-10-13(11-29(24,25)14-7-5-4-6-8-14)15(17(22)26-2)16(12)27-28(23)18(19,20)21/h4-10H,3,11H2,1-2H3. The molecule has 0 bridgehead atoms. The molecule has 6 nitrogen and oxygen atoms in total. The van der Waals surface area contributed by atoms with Crippen LogP contribution in [-0.4, -0.2) is 31.2 Å². The Labute approximate surface area is 168 Å². The van der Waals surface area contributed by atoms with Crippen LogP contribution in [0.1, 0.15) is 28.4 Å². The number of ether oxygens (including phenoxy) is 1. The summed E-state index contributed by atoms with van der Waals surface area (Å²) in [5.41, 5.74) is -5.69. The van der Waals surface area contributed by atoms with Crippen molar-refractivity contribution in [2.24, 2.45) is 0 Å². The fourth-order valence-electron chi connectivity index (χ4n) is 2.53. The van der Waals surface area contributed by atoms with Gasteiger partial charge in [-0.25, -0.2) is 17.4 Å². The van der Waals surface area contributed by atoms with Gasteiger partial charge < -0.3 is 8.92 Å². The zero-order valence-corrected chi connectivity index (χ0v) is 17.0. The molecule has 29 heavy (non-hydrogen) atoms. The minimum Gasteiger partial charge on any atom is -0.465 e. The number of esters is 1. The summed E-state index contributed by atoms with van der Waals surface area (Å²) in [7, 11) is -2.95. The number of alkyl halides is 3. The quantitative estimate of drug-likeness (QED) is 0.600. The van der Waals surface area contributed by atoms with Crippen molar-refractivity contribution in [2.75, 3.05) is 7.11 Å². The maximum absolute atomic E-state index is 12.7. The third-order valence-corrected chi connectivity index (χ3v) is 6.27. The molecule has 2 rings (SSSR count). The Morgan fingerprint density at radius 1 is 1.07 bits per heavy atom. The highest BCUT2D eigenvalue weighted by molar-refractivity contribution is 7.90. The van der Waals surface area contributed by atoms with E-state index < -0.39 is 49.5 Å². The number of hydrogen-bond donors (Lipinski definition) is 0. The first-order valence-corrected chi connectivity index (χ1v) is 10.9. The van der Waals surface area contributed by atoms with Gasteiger partial charge in [-0.05, 0) is 29.7 Å². The molecule has 0 aromatic heterocycles. The summed E-state index contributed by atoms with van der Waals surface area (Å²) in [5.74, 6) is -2.41. The SMILES string of the molecule is CCc1ccc(CS(=O)(=O)c2ccccc2)c(C(=O)OC)c1OS(=O)C(F)(F)F. The maximum atomic E-state index is 12.7. The van der Waals surface area contributed by atoms with Crippen LogP contribution >= 0.6 is 0 Å². The summed E-state index contributed by atoms with van der Waals surface area (Å²) in [6.45, 7) is 1.58. The van der Waals surface area contributed by atoms with E-state index in [4.69, 9.17) is 0 Å². The maximum Gasteiger partial charge on any atom is 0.508 e. The molecular formula is C18H17F3O6S2. The van der Waals surface area contributed by atoms with Crippen LogP contribution in [0.4, 0.5) is 13.2 Å². The van der Waals surface area contributed by atoms with Gasteiger partial charge in [0, 0.05) is 0 Å². The van der Waals surface area contributed by atoms with Crippen molar-refractivity contribution < 1.29 is 39.5 Å². The molecule has 1 atom stereocenters. The Balaban J connectivity index is 2.62. The van der Waals surface area contributed by atoms with Gasteiger partial charge in [-0.3, -0.25) is 0 Å². The third-order valence-electron chi connectivity index (χ3n) is 3.89. The van der Waals surface area contributed by atoms with E-state index in [1.807, 2.05) is 0 Å². The molecule has 0 aliphatic heterocycles. The molecule has 0 fully saturated rings. The molecule has 1 unspecified atom stereocenters. The summed E-state index contributed by atoms with van der Waals surface area (Å²) in [4.78, 5) is 12.3. The number of halogens is 3. The Kier molecular flexibility index (Phi) is 7.06. The topological polar surface area (TPSA) is 86.7 Å². The average molecular weight is 450 g/mol. The number of methoxy groups -OCH3 is 1. The first-order valence-electron chi connectivity index (χ1n) is 8.19. The molecule has 0 radical (unpaired) electrons. The molecule has 0 aliphatic carbocycles. The smallest absolute Gasteiger partial charge is 0.465 e. The van der Waals surface area contributed by atoms with E-state index in [9.17, 15) is 30.6 Å². The first kappa shape index (κ1) is 22.9. The van der Waals surface area contributed by atoms with Gasteiger partial charge in [0.15, 0.2) is 15.6 Å². The monoisotopic (exact) mass is 450 g/mol. The minimum absolute atomic E-state index is 0.0308. The van der Waals surface area contributed by atoms with E-state index in [2.05, 4.69) is 8.92 Å². The molecule has 2 aromatic rings. The van der Waals surface area contributed by atoms with Gasteiger partial charge in [-0.1, -0.05) is 37.3 Å². The highest BCUT2D eigenvalue weighted by Gasteiger charge is 2.41. The molecule has 0 N–H and O–H groups in total. The van der Waals surface area contributed by atoms with Crippen molar-refractivity contribution in [1.29, 1.82) is 0 Å². The fourth-order valence-corrected chi connectivity index (χ4v) is 4.35. The predicted molar refractivity (Wildman–Crippen MR) is 99.3 cm³/mol. The van der Waals surface area contributed by atoms with E-state index in [1.165, 1.54) is 36.4 Å². The molecule has 0 heterocycles. The lowest BCUT2D eigenvalue weighted by Crippen LogP contribution is -2.23. The van der Waals surface area contributed by atoms with E-state index >= 15 is 0 Å². The molecular weight excluding hydrogens is 433 g/mol. The van der Waals surface area contributed by atoms with Gasteiger partial charge in [0.1, 0.15) is 5.56 Å². The lowest BCUT2D eigenvalue weighted by atomic mass is 10.0. The van der Waals surface area contributed by atoms with Crippen LogP contribution in [0.25, 0.3) is 0 Å². The second-order valence-corrected chi connectivity index (χ2v) is 8.86. The van der Waals surface area contributed by atoms with Crippen molar-refractivity contribution in [1.82, 2.24) is 0 Å². The summed E-state index contributed by atoms with van der Waals surface area (Å²) in [6, 6.07) is 9.96. The van der Waals surface area contributed by atoms with Crippen molar-refractivity contribution in [3.8, 4) is 5.75 Å². The van der Waals surface area contributed by atoms with Gasteiger partial charge in [0.2, 0.25) is 0 Å². The molecule has 0 saturated carbocycles. The zero-order valence-electron chi connectivity index (χ0n) is 15.4. The van der Waals surface area contributed by atoms with Crippen LogP contribution in [0.5, 0.6) is 5.75 Å². The van der Waals surface area contributed by atoms with Crippen LogP contribution in [0.2, 0.25) is 0 Å². The largest absolute Gasteiger partial charge is 0.508 e. The number of aryl methyl sites for hydroxylation is 1. The van der Waals surface area contributed by atoms with Gasteiger partial charge in [0.25, 0.3) is 0 Å². The van der Waals surface area contributed by atoms with Gasteiger partial charge >= 0.3 is 22.6 Å². The minimum atomic E-state index is -5.19. The number of benzene rings is 2. The van der Waals surface area contributed by atoms with Gasteiger partial charge in [-0.2, -0.15) is 13.2 Å². The van der Waals surface area contributed by atoms with Crippen LogP contribution in [0.15, 0.2) is 47.4 Å². The Morgan fingerprint density at radius 2 is 1.66 bits per heavy atom. The normalized spacial score (nSPS) is 13.0. The van der Waals surface area contributed by atoms with E-state index in [1.54, 1.807) is 13.0 Å². The van der Waals surface area contributed by atoms with Gasteiger partial charge in [0.05, 0.1) is 17.8 Å². The highest BCUT2D eigenvalue weighted by atomic mass is 32.2. The van der Waals surface area contributed by atoms with Crippen LogP contribution in [0, 0.1) is 0 Å². The highest BCUT2D eigenvalue weighted by Crippen LogP contribution is 2.34. The van der Waals surface area contributed by atoms with Gasteiger partial charge in [-0.15, -0.1) is 0 Å². The van der Waals surface area contributed by atoms with Crippen LogP contribution in [-0.2, 0) is 37.8 Å². The summed E-state index contributed by atoms with van der Waals surface area (Å²) >= 11 is -3.75. The fraction of sp³-hybridized carbons (Fsp3) is 0.278. The van der Waals surface area contributed by atoms with Crippen molar-refractivity contribution in [3.63, 3.8) is 0 Å². The Bertz CT molecular complexity index is 1020. The molecule has 2 aromatic carbocycles. The molecule has 11 heteroatoms. The van der Waals surface area contributed by atoms with Crippen LogP contribution < -0.4 is 4.18 Å². The average Bonchev–Trinajstić information content (AvgIpc) is 2.67. The lowest BCUT2D eigenvalue weighted by Gasteiger charge is -2.17. The number of carbonyl (C=O) groups excluding carboxylic acids is 1. The number of hydrogen-bond acceptors (Lipinski definition) is 6. The van der Waals surface area contributed by atoms with Crippen molar-refractivity contribution in [2.45, 2.75) is 29.5 Å². The molecule has 0 spiro atoms. The van der Waals surface area contributed by atoms with Crippen molar-refractivity contribution >= 4 is 26.9 Å². The van der Waals surface area contributed by atoms with E-state index in [0.717, 1.165) is 7.11 Å². The van der Waals surface area contributed by atoms with E-state index in [-0.39, 0.29) is 22.4 Å². The number of carbonyl (C=O) groups is 1. The second-order valence-electron chi connectivity index (χ2n) is 5.77. The zero-order chi connectivity index (χ0) is 21.8. The second kappa shape index (κ2) is 8.95. The Morgan fingerprint density at radius 3 is 2.17 bits per heavy atom. The summed E-state index contributed by atoms with van der Waals surface area (Å²) in [5, 5.41) is 0. The van der Waals surface area contributed by atoms with E-state index in [0.29, 0.717) is 0 Å². The molecule has 0 amide bonds. The summed E-state index contributed by atoms with van der Waals surface area (Å²) < 4.78 is 84.2. The third kappa shape index (κ3) is 5.36.